The van der Waals surface area contributed by atoms with Gasteiger partial charge < -0.3 is 50.5 Å². The highest BCUT2D eigenvalue weighted by Crippen LogP contribution is 2.24. The van der Waals surface area contributed by atoms with Crippen LogP contribution in [0.1, 0.15) is 309 Å². The number of amides is 1. The van der Waals surface area contributed by atoms with Crippen LogP contribution in [0, 0.1) is 0 Å². The van der Waals surface area contributed by atoms with Crippen LogP contribution in [0.25, 0.3) is 0 Å². The molecule has 0 bridgehead atoms. The van der Waals surface area contributed by atoms with Crippen molar-refractivity contribution in [3.05, 3.63) is 12.2 Å². The molecule has 9 unspecified atom stereocenters. The Kier molecular flexibility index (Phi) is 49.4. The Morgan fingerprint density at radius 1 is 0.466 bits per heavy atom. The van der Waals surface area contributed by atoms with Gasteiger partial charge in [0.05, 0.1) is 25.4 Å². The molecule has 0 aliphatic carbocycles. The number of carbonyl (C=O) groups excluding carboxylic acids is 1. The topological polar surface area (TPSA) is 189 Å². The quantitative estimate of drug-likeness (QED) is 0.0215. The van der Waals surface area contributed by atoms with Gasteiger partial charge in [-0.15, -0.1) is 0 Å². The van der Waals surface area contributed by atoms with E-state index in [-0.39, 0.29) is 12.8 Å². The second-order valence-electron chi connectivity index (χ2n) is 22.5. The van der Waals surface area contributed by atoms with E-state index in [9.17, 15) is 40.5 Å². The number of rotatable bonds is 55. The fraction of sp³-hybridized carbons (Fsp3) is 0.952. The number of aliphatic hydroxyl groups excluding tert-OH is 7. The number of hydrogen-bond donors (Lipinski definition) is 8. The SMILES string of the molecule is CCCCCCCCCCCCCCCCCCC/C=C/CCCC(O)C(O)C(COC1OC(CO)C(O)C(O)C1O)NC(=O)C(O)CCCCCCCCCCCCCCCCCCCCCCCCCC. The standard InChI is InChI=1S/C62H121NO10/c1-3-5-7-9-11-13-15-17-19-21-23-25-27-28-30-32-34-36-38-40-42-44-46-48-50-55(66)61(71)63-53(52-72-62-60(70)59(69)58(68)56(51-64)73-62)57(67)54(65)49-47-45-43-41-39-37-35-33-31-29-26-24-22-20-18-16-14-12-10-8-6-4-2/h41,43,53-60,62,64-70H,3-40,42,44-52H2,1-2H3,(H,63,71)/b43-41+. The lowest BCUT2D eigenvalue weighted by Crippen LogP contribution is -2.60. The summed E-state index contributed by atoms with van der Waals surface area (Å²) in [5.74, 6) is -0.699. The molecule has 9 atom stereocenters. The Hall–Kier alpha value is -1.15. The molecule has 0 radical (unpaired) electrons. The molecular formula is C62H121NO10. The molecule has 1 rings (SSSR count). The van der Waals surface area contributed by atoms with Crippen LogP contribution in [-0.4, -0.2) is 110 Å². The molecule has 434 valence electrons. The largest absolute Gasteiger partial charge is 0.394 e. The molecule has 1 heterocycles. The van der Waals surface area contributed by atoms with Gasteiger partial charge in [0, 0.05) is 0 Å². The molecule has 11 heteroatoms. The minimum Gasteiger partial charge on any atom is -0.394 e. The van der Waals surface area contributed by atoms with Gasteiger partial charge in [-0.25, -0.2) is 0 Å². The molecular weight excluding hydrogens is 919 g/mol. The Morgan fingerprint density at radius 3 is 1.18 bits per heavy atom. The van der Waals surface area contributed by atoms with Crippen LogP contribution in [-0.2, 0) is 14.3 Å². The van der Waals surface area contributed by atoms with Gasteiger partial charge in [-0.3, -0.25) is 4.79 Å². The molecule has 0 spiro atoms. The number of carbonyl (C=O) groups is 1. The molecule has 0 saturated carbocycles. The maximum absolute atomic E-state index is 13.2. The monoisotopic (exact) mass is 1040 g/mol. The molecule has 1 fully saturated rings. The maximum Gasteiger partial charge on any atom is 0.249 e. The molecule has 11 nitrogen and oxygen atoms in total. The van der Waals surface area contributed by atoms with Crippen molar-refractivity contribution in [1.29, 1.82) is 0 Å². The second kappa shape index (κ2) is 51.6. The maximum atomic E-state index is 13.2. The lowest BCUT2D eigenvalue weighted by molar-refractivity contribution is -0.303. The van der Waals surface area contributed by atoms with Crippen LogP contribution in [0.5, 0.6) is 0 Å². The molecule has 73 heavy (non-hydrogen) atoms. The van der Waals surface area contributed by atoms with Crippen LogP contribution < -0.4 is 5.32 Å². The average Bonchev–Trinajstić information content (AvgIpc) is 3.39. The summed E-state index contributed by atoms with van der Waals surface area (Å²) in [5.41, 5.74) is 0. The Morgan fingerprint density at radius 2 is 0.808 bits per heavy atom. The molecule has 1 aliphatic heterocycles. The van der Waals surface area contributed by atoms with Gasteiger partial charge in [0.25, 0.3) is 0 Å². The highest BCUT2D eigenvalue weighted by Gasteiger charge is 2.44. The summed E-state index contributed by atoms with van der Waals surface area (Å²) in [6, 6.07) is -1.18. The molecule has 8 N–H and O–H groups in total. The second-order valence-corrected chi connectivity index (χ2v) is 22.5. The van der Waals surface area contributed by atoms with Crippen LogP contribution in [0.4, 0.5) is 0 Å². The van der Waals surface area contributed by atoms with E-state index in [1.165, 1.54) is 231 Å². The number of allylic oxidation sites excluding steroid dienone is 2. The summed E-state index contributed by atoms with van der Waals surface area (Å²) in [5, 5.41) is 76.3. The van der Waals surface area contributed by atoms with Gasteiger partial charge in [-0.05, 0) is 38.5 Å². The first-order valence-electron chi connectivity index (χ1n) is 31.6. The minimum atomic E-state index is -1.67. The third-order valence-corrected chi connectivity index (χ3v) is 15.6. The highest BCUT2D eigenvalue weighted by atomic mass is 16.7. The van der Waals surface area contributed by atoms with Crippen molar-refractivity contribution in [2.45, 2.75) is 364 Å². The summed E-state index contributed by atoms with van der Waals surface area (Å²) in [6.45, 7) is 3.49. The molecule has 0 aromatic rings. The summed E-state index contributed by atoms with van der Waals surface area (Å²) in [6.07, 6.45) is 49.9. The number of hydrogen-bond acceptors (Lipinski definition) is 10. The van der Waals surface area contributed by atoms with Crippen molar-refractivity contribution in [2.24, 2.45) is 0 Å². The van der Waals surface area contributed by atoms with Gasteiger partial charge in [-0.1, -0.05) is 283 Å². The zero-order valence-corrected chi connectivity index (χ0v) is 47.6. The summed E-state index contributed by atoms with van der Waals surface area (Å²) >= 11 is 0. The van der Waals surface area contributed by atoms with E-state index in [2.05, 4.69) is 31.3 Å². The van der Waals surface area contributed by atoms with E-state index in [0.29, 0.717) is 12.8 Å². The van der Waals surface area contributed by atoms with E-state index >= 15 is 0 Å². The summed E-state index contributed by atoms with van der Waals surface area (Å²) in [7, 11) is 0. The predicted molar refractivity (Wildman–Crippen MR) is 303 cm³/mol. The highest BCUT2D eigenvalue weighted by molar-refractivity contribution is 5.80. The van der Waals surface area contributed by atoms with Crippen molar-refractivity contribution in [2.75, 3.05) is 13.2 Å². The van der Waals surface area contributed by atoms with Crippen molar-refractivity contribution in [3.8, 4) is 0 Å². The van der Waals surface area contributed by atoms with Crippen molar-refractivity contribution in [1.82, 2.24) is 5.32 Å². The first kappa shape index (κ1) is 69.9. The molecule has 1 saturated heterocycles. The van der Waals surface area contributed by atoms with E-state index in [1.54, 1.807) is 0 Å². The third kappa shape index (κ3) is 39.8. The Labute approximate surface area is 449 Å². The fourth-order valence-electron chi connectivity index (χ4n) is 10.4. The first-order valence-corrected chi connectivity index (χ1v) is 31.6. The van der Waals surface area contributed by atoms with Crippen LogP contribution >= 0.6 is 0 Å². The third-order valence-electron chi connectivity index (χ3n) is 15.6. The lowest BCUT2D eigenvalue weighted by Gasteiger charge is -2.40. The zero-order valence-electron chi connectivity index (χ0n) is 47.6. The number of unbranched alkanes of at least 4 members (excludes halogenated alkanes) is 41. The molecule has 1 aliphatic rings. The molecule has 1 amide bonds. The van der Waals surface area contributed by atoms with Gasteiger partial charge in [0.2, 0.25) is 5.91 Å². The number of nitrogens with one attached hydrogen (secondary N) is 1. The Balaban J connectivity index is 2.27. The van der Waals surface area contributed by atoms with Crippen molar-refractivity contribution >= 4 is 5.91 Å². The average molecular weight is 1040 g/mol. The first-order chi connectivity index (χ1) is 35.7. The van der Waals surface area contributed by atoms with Crippen LogP contribution in [0.3, 0.4) is 0 Å². The van der Waals surface area contributed by atoms with Gasteiger partial charge >= 0.3 is 0 Å². The van der Waals surface area contributed by atoms with Gasteiger partial charge in [0.15, 0.2) is 6.29 Å². The van der Waals surface area contributed by atoms with Gasteiger partial charge in [-0.2, -0.15) is 0 Å². The van der Waals surface area contributed by atoms with Crippen molar-refractivity contribution in [3.63, 3.8) is 0 Å². The van der Waals surface area contributed by atoms with Crippen molar-refractivity contribution < 1.29 is 50.0 Å². The smallest absolute Gasteiger partial charge is 0.249 e. The normalized spacial score (nSPS) is 19.9. The zero-order chi connectivity index (χ0) is 53.3. The number of ether oxygens (including phenoxy) is 2. The predicted octanol–water partition coefficient (Wildman–Crippen LogP) is 13.9. The summed E-state index contributed by atoms with van der Waals surface area (Å²) in [4.78, 5) is 13.2. The van der Waals surface area contributed by atoms with E-state index in [1.807, 2.05) is 0 Å². The van der Waals surface area contributed by atoms with E-state index in [4.69, 9.17) is 9.47 Å². The van der Waals surface area contributed by atoms with E-state index in [0.717, 1.165) is 38.5 Å². The Bertz CT molecular complexity index is 1190. The van der Waals surface area contributed by atoms with E-state index < -0.39 is 74.2 Å². The van der Waals surface area contributed by atoms with Gasteiger partial charge in [0.1, 0.15) is 36.6 Å². The molecule has 0 aromatic carbocycles. The molecule has 0 aromatic heterocycles. The lowest BCUT2D eigenvalue weighted by atomic mass is 9.98. The number of aliphatic hydroxyl groups is 7. The van der Waals surface area contributed by atoms with Crippen LogP contribution in [0.15, 0.2) is 12.2 Å². The summed E-state index contributed by atoms with van der Waals surface area (Å²) < 4.78 is 11.2. The minimum absolute atomic E-state index is 0.260. The fourth-order valence-corrected chi connectivity index (χ4v) is 10.4. The van der Waals surface area contributed by atoms with Crippen LogP contribution in [0.2, 0.25) is 0 Å².